The summed E-state index contributed by atoms with van der Waals surface area (Å²) < 4.78 is 7.60. The van der Waals surface area contributed by atoms with E-state index in [4.69, 9.17) is 4.74 Å². The molecule has 0 radical (unpaired) electrons. The lowest BCUT2D eigenvalue weighted by Gasteiger charge is -2.21. The number of nitrogens with one attached hydrogen (secondary N) is 1. The molecule has 3 rings (SSSR count). The summed E-state index contributed by atoms with van der Waals surface area (Å²) in [6.07, 6.45) is 2.56. The summed E-state index contributed by atoms with van der Waals surface area (Å²) >= 11 is 0. The first-order valence-electron chi connectivity index (χ1n) is 10.2. The fourth-order valence-electron chi connectivity index (χ4n) is 3.36. The standard InChI is InChI=1S/C25H29N3O2/c1-6-30-25(4,5)14-7-8-20-9-11-21(12-10-20)17-26-24(29)22-13-15-28-19(3)16-18(2)27-23(22)28/h9-13,15-16H,6,14,17H2,1-5H3,(H,26,29). The molecule has 0 aliphatic carbocycles. The highest BCUT2D eigenvalue weighted by Gasteiger charge is 2.15. The number of nitrogens with zero attached hydrogens (tertiary/aromatic N) is 2. The highest BCUT2D eigenvalue weighted by molar-refractivity contribution is 6.00. The fourth-order valence-corrected chi connectivity index (χ4v) is 3.36. The van der Waals surface area contributed by atoms with Gasteiger partial charge in [0.05, 0.1) is 11.2 Å². The lowest BCUT2D eigenvalue weighted by molar-refractivity contribution is -0.00570. The van der Waals surface area contributed by atoms with Crippen LogP contribution in [0.25, 0.3) is 5.65 Å². The number of benzene rings is 1. The van der Waals surface area contributed by atoms with Crippen LogP contribution in [0.4, 0.5) is 0 Å². The van der Waals surface area contributed by atoms with Crippen molar-refractivity contribution in [3.05, 3.63) is 70.7 Å². The third-order valence-corrected chi connectivity index (χ3v) is 4.87. The highest BCUT2D eigenvalue weighted by atomic mass is 16.5. The Morgan fingerprint density at radius 1 is 1.20 bits per heavy atom. The van der Waals surface area contributed by atoms with Gasteiger partial charge in [-0.1, -0.05) is 24.0 Å². The van der Waals surface area contributed by atoms with E-state index in [0.29, 0.717) is 30.8 Å². The predicted molar refractivity (Wildman–Crippen MR) is 119 cm³/mol. The van der Waals surface area contributed by atoms with Gasteiger partial charge >= 0.3 is 0 Å². The molecule has 0 fully saturated rings. The van der Waals surface area contributed by atoms with E-state index in [-0.39, 0.29) is 11.5 Å². The second-order valence-corrected chi connectivity index (χ2v) is 8.01. The molecule has 156 valence electrons. The van der Waals surface area contributed by atoms with Crippen LogP contribution in [-0.2, 0) is 11.3 Å². The van der Waals surface area contributed by atoms with Crippen molar-refractivity contribution in [2.75, 3.05) is 6.61 Å². The minimum Gasteiger partial charge on any atom is -0.375 e. The first-order valence-corrected chi connectivity index (χ1v) is 10.2. The van der Waals surface area contributed by atoms with Crippen molar-refractivity contribution < 1.29 is 9.53 Å². The van der Waals surface area contributed by atoms with Crippen molar-refractivity contribution in [3.8, 4) is 11.8 Å². The summed E-state index contributed by atoms with van der Waals surface area (Å²) in [4.78, 5) is 17.2. The van der Waals surface area contributed by atoms with Gasteiger partial charge in [0.15, 0.2) is 0 Å². The Labute approximate surface area is 178 Å². The number of aromatic nitrogens is 2. The second-order valence-electron chi connectivity index (χ2n) is 8.01. The van der Waals surface area contributed by atoms with Gasteiger partial charge in [0.25, 0.3) is 5.91 Å². The van der Waals surface area contributed by atoms with E-state index in [1.54, 1.807) is 0 Å². The van der Waals surface area contributed by atoms with Crippen LogP contribution < -0.4 is 5.32 Å². The molecule has 0 unspecified atom stereocenters. The smallest absolute Gasteiger partial charge is 0.255 e. The molecule has 5 heteroatoms. The van der Waals surface area contributed by atoms with E-state index in [1.165, 1.54) is 0 Å². The molecule has 0 bridgehead atoms. The number of rotatable bonds is 6. The number of ether oxygens (including phenoxy) is 1. The van der Waals surface area contributed by atoms with Gasteiger partial charge in [-0.05, 0) is 64.4 Å². The third-order valence-electron chi connectivity index (χ3n) is 4.87. The van der Waals surface area contributed by atoms with Gasteiger partial charge < -0.3 is 14.5 Å². The number of hydrogen-bond acceptors (Lipinski definition) is 3. The van der Waals surface area contributed by atoms with Crippen LogP contribution in [0.15, 0.2) is 42.6 Å². The zero-order valence-electron chi connectivity index (χ0n) is 18.4. The minimum absolute atomic E-state index is 0.128. The largest absolute Gasteiger partial charge is 0.375 e. The fraction of sp³-hybridized carbons (Fsp3) is 0.360. The molecule has 3 aromatic rings. The molecule has 0 saturated carbocycles. The summed E-state index contributed by atoms with van der Waals surface area (Å²) in [5, 5.41) is 2.98. The Morgan fingerprint density at radius 2 is 1.93 bits per heavy atom. The lowest BCUT2D eigenvalue weighted by Crippen LogP contribution is -2.23. The maximum Gasteiger partial charge on any atom is 0.255 e. The SMILES string of the molecule is CCOC(C)(C)CC#Cc1ccc(CNC(=O)c2ccn3c(C)cc(C)nc23)cc1. The molecular weight excluding hydrogens is 374 g/mol. The third kappa shape index (κ3) is 5.28. The molecule has 0 spiro atoms. The molecule has 1 aromatic carbocycles. The summed E-state index contributed by atoms with van der Waals surface area (Å²) in [7, 11) is 0. The maximum absolute atomic E-state index is 12.7. The van der Waals surface area contributed by atoms with Gasteiger partial charge in [-0.25, -0.2) is 4.98 Å². The molecule has 0 aliphatic rings. The Morgan fingerprint density at radius 3 is 2.63 bits per heavy atom. The van der Waals surface area contributed by atoms with E-state index in [9.17, 15) is 4.79 Å². The predicted octanol–water partition coefficient (Wildman–Crippen LogP) is 4.44. The first-order chi connectivity index (χ1) is 14.3. The summed E-state index contributed by atoms with van der Waals surface area (Å²) in [6, 6.07) is 11.7. The Balaban J connectivity index is 1.61. The van der Waals surface area contributed by atoms with Crippen molar-refractivity contribution in [1.82, 2.24) is 14.7 Å². The van der Waals surface area contributed by atoms with Gasteiger partial charge in [0.2, 0.25) is 0 Å². The number of carbonyl (C=O) groups is 1. The van der Waals surface area contributed by atoms with Crippen molar-refractivity contribution in [2.24, 2.45) is 0 Å². The van der Waals surface area contributed by atoms with E-state index in [1.807, 2.05) is 81.6 Å². The molecule has 1 amide bonds. The molecule has 0 saturated heterocycles. The van der Waals surface area contributed by atoms with Crippen molar-refractivity contribution in [2.45, 2.75) is 53.2 Å². The molecule has 0 aliphatic heterocycles. The van der Waals surface area contributed by atoms with E-state index >= 15 is 0 Å². The van der Waals surface area contributed by atoms with Crippen LogP contribution in [0.2, 0.25) is 0 Å². The Hall–Kier alpha value is -3.10. The van der Waals surface area contributed by atoms with Crippen molar-refractivity contribution >= 4 is 11.6 Å². The molecule has 1 N–H and O–H groups in total. The monoisotopic (exact) mass is 403 g/mol. The van der Waals surface area contributed by atoms with Crippen molar-refractivity contribution in [3.63, 3.8) is 0 Å². The topological polar surface area (TPSA) is 55.6 Å². The van der Waals surface area contributed by atoms with Crippen LogP contribution in [0.5, 0.6) is 0 Å². The van der Waals surface area contributed by atoms with Gasteiger partial charge in [0, 0.05) is 42.7 Å². The molecule has 2 heterocycles. The number of aryl methyl sites for hydroxylation is 2. The van der Waals surface area contributed by atoms with Crippen LogP contribution >= 0.6 is 0 Å². The van der Waals surface area contributed by atoms with Crippen LogP contribution in [0.1, 0.15) is 60.1 Å². The van der Waals surface area contributed by atoms with Crippen LogP contribution in [0.3, 0.4) is 0 Å². The summed E-state index contributed by atoms with van der Waals surface area (Å²) in [6.45, 7) is 11.2. The highest BCUT2D eigenvalue weighted by Crippen LogP contribution is 2.15. The van der Waals surface area contributed by atoms with E-state index in [0.717, 1.165) is 22.5 Å². The molecule has 0 atom stereocenters. The maximum atomic E-state index is 12.7. The normalized spacial score (nSPS) is 11.2. The first kappa shape index (κ1) is 21.6. The number of hydrogen-bond donors (Lipinski definition) is 1. The van der Waals surface area contributed by atoms with Gasteiger partial charge in [-0.2, -0.15) is 0 Å². The van der Waals surface area contributed by atoms with Crippen molar-refractivity contribution in [1.29, 1.82) is 0 Å². The van der Waals surface area contributed by atoms with E-state index in [2.05, 4.69) is 22.1 Å². The second kappa shape index (κ2) is 9.15. The van der Waals surface area contributed by atoms with Gasteiger partial charge in [-0.3, -0.25) is 4.79 Å². The van der Waals surface area contributed by atoms with Crippen LogP contribution in [-0.4, -0.2) is 27.5 Å². The number of carbonyl (C=O) groups excluding carboxylic acids is 1. The Kier molecular flexibility index (Phi) is 6.59. The average Bonchev–Trinajstić information content (AvgIpc) is 3.11. The lowest BCUT2D eigenvalue weighted by atomic mass is 10.1. The zero-order valence-corrected chi connectivity index (χ0v) is 18.4. The Bertz CT molecular complexity index is 1100. The number of amides is 1. The molecule has 30 heavy (non-hydrogen) atoms. The summed E-state index contributed by atoms with van der Waals surface area (Å²) in [5.41, 5.74) is 4.96. The quantitative estimate of drug-likeness (QED) is 0.619. The molecule has 5 nitrogen and oxygen atoms in total. The zero-order chi connectivity index (χ0) is 21.7. The molecule has 2 aromatic heterocycles. The van der Waals surface area contributed by atoms with Gasteiger partial charge in [0.1, 0.15) is 5.65 Å². The summed E-state index contributed by atoms with van der Waals surface area (Å²) in [5.74, 6) is 6.24. The molecular formula is C25H29N3O2. The minimum atomic E-state index is -0.235. The number of fused-ring (bicyclic) bond motifs is 1. The average molecular weight is 404 g/mol. The van der Waals surface area contributed by atoms with E-state index < -0.39 is 0 Å². The van der Waals surface area contributed by atoms with Crippen LogP contribution in [0, 0.1) is 25.7 Å². The van der Waals surface area contributed by atoms with Gasteiger partial charge in [-0.15, -0.1) is 0 Å².